The van der Waals surface area contributed by atoms with Crippen molar-refractivity contribution in [1.82, 2.24) is 10.3 Å². The van der Waals surface area contributed by atoms with Crippen LogP contribution in [0.25, 0.3) is 11.3 Å². The smallest absolute Gasteiger partial charge is 0.408 e. The van der Waals surface area contributed by atoms with Crippen molar-refractivity contribution >= 4 is 34.2 Å². The fraction of sp³-hybridized carbons (Fsp3) is 0.500. The van der Waals surface area contributed by atoms with Crippen LogP contribution in [0.5, 0.6) is 0 Å². The zero-order valence-electron chi connectivity index (χ0n) is 23.5. The first-order valence-corrected chi connectivity index (χ1v) is 13.3. The van der Waals surface area contributed by atoms with Gasteiger partial charge in [-0.2, -0.15) is 0 Å². The van der Waals surface area contributed by atoms with E-state index in [2.05, 4.69) is 41.4 Å². The Hall–Kier alpha value is -3.04. The first-order valence-electron chi connectivity index (χ1n) is 12.4. The number of allylic oxidation sites excluding steroid dienone is 2. The Morgan fingerprint density at radius 1 is 1.24 bits per heavy atom. The fourth-order valence-corrected chi connectivity index (χ4v) is 3.47. The zero-order chi connectivity index (χ0) is 28.0. The van der Waals surface area contributed by atoms with Gasteiger partial charge in [-0.05, 0) is 45.8 Å². The van der Waals surface area contributed by atoms with Crippen LogP contribution in [0.15, 0.2) is 46.8 Å². The summed E-state index contributed by atoms with van der Waals surface area (Å²) in [6, 6.07) is 6.95. The van der Waals surface area contributed by atoms with E-state index in [-0.39, 0.29) is 6.61 Å². The number of alkyl carbamates (subject to hydrolysis) is 1. The van der Waals surface area contributed by atoms with E-state index in [4.69, 9.17) is 9.47 Å². The van der Waals surface area contributed by atoms with Gasteiger partial charge in [-0.15, -0.1) is 11.3 Å². The molecule has 0 fully saturated rings. The number of aromatic nitrogens is 1. The van der Waals surface area contributed by atoms with E-state index in [0.717, 1.165) is 28.5 Å². The zero-order valence-corrected chi connectivity index (χ0v) is 24.4. The minimum absolute atomic E-state index is 0.00453. The van der Waals surface area contributed by atoms with Crippen molar-refractivity contribution in [3.63, 3.8) is 0 Å². The molecule has 1 aromatic heterocycles. The summed E-state index contributed by atoms with van der Waals surface area (Å²) in [7, 11) is 3.20. The Balaban J connectivity index is 0.00000124. The molecule has 0 saturated heterocycles. The van der Waals surface area contributed by atoms with E-state index in [1.165, 1.54) is 24.9 Å². The molecule has 8 nitrogen and oxygen atoms in total. The number of hydrogen-bond acceptors (Lipinski definition) is 7. The highest BCUT2D eigenvalue weighted by atomic mass is 32.1. The minimum Gasteiger partial charge on any atom is -0.444 e. The second kappa shape index (κ2) is 15.9. The quantitative estimate of drug-likeness (QED) is 0.369. The summed E-state index contributed by atoms with van der Waals surface area (Å²) in [5, 5.41) is 7.55. The van der Waals surface area contributed by atoms with E-state index in [9.17, 15) is 9.59 Å². The Bertz CT molecular complexity index is 1050. The summed E-state index contributed by atoms with van der Waals surface area (Å²) in [6.45, 7) is 13.8. The molecule has 2 rings (SSSR count). The molecular weight excluding hydrogens is 488 g/mol. The second-order valence-corrected chi connectivity index (χ2v) is 10.5. The Morgan fingerprint density at radius 2 is 1.92 bits per heavy atom. The lowest BCUT2D eigenvalue weighted by Gasteiger charge is -2.22. The molecule has 0 aliphatic rings. The molecule has 0 aliphatic carbocycles. The van der Waals surface area contributed by atoms with Crippen LogP contribution in [-0.4, -0.2) is 55.1 Å². The normalized spacial score (nSPS) is 12.6. The molecule has 204 valence electrons. The SMILES string of the molecule is C/C=C\C(=NC)c1cccc(-c2csc(NC(=O)C(COC)NC(=O)OC(C)(C)C)n2)c1.CCC(C)C. The summed E-state index contributed by atoms with van der Waals surface area (Å²) >= 11 is 1.30. The maximum atomic E-state index is 12.7. The van der Waals surface area contributed by atoms with E-state index < -0.39 is 23.6 Å². The number of anilines is 1. The van der Waals surface area contributed by atoms with Crippen LogP contribution in [0.1, 0.15) is 60.5 Å². The molecular formula is C28H42N4O4S. The molecule has 2 amide bonds. The number of hydrogen-bond donors (Lipinski definition) is 2. The lowest BCUT2D eigenvalue weighted by molar-refractivity contribution is -0.119. The summed E-state index contributed by atoms with van der Waals surface area (Å²) in [4.78, 5) is 33.6. The van der Waals surface area contributed by atoms with Crippen LogP contribution in [0.3, 0.4) is 0 Å². The molecule has 0 radical (unpaired) electrons. The summed E-state index contributed by atoms with van der Waals surface area (Å²) in [5.41, 5.74) is 2.81. The maximum absolute atomic E-state index is 12.7. The number of rotatable bonds is 9. The molecule has 0 aliphatic heterocycles. The third kappa shape index (κ3) is 12.2. The number of ether oxygens (including phenoxy) is 2. The van der Waals surface area contributed by atoms with Crippen molar-refractivity contribution in [2.75, 3.05) is 26.1 Å². The van der Waals surface area contributed by atoms with Gasteiger partial charge >= 0.3 is 6.09 Å². The van der Waals surface area contributed by atoms with Crippen LogP contribution < -0.4 is 10.6 Å². The molecule has 2 aromatic rings. The standard InChI is InChI=1S/C23H30N4O4S.C5H12/c1-7-9-17(24-5)15-10-8-11-16(12-15)19-14-32-21(25-19)27-20(28)18(13-30-6)26-22(29)31-23(2,3)4;1-4-5(2)3/h7-12,14,18H,13H2,1-6H3,(H,26,29)(H,25,27,28);5H,4H2,1-3H3/b9-7-,24-17?;. The molecule has 0 saturated carbocycles. The van der Waals surface area contributed by atoms with Crippen LogP contribution in [0.4, 0.5) is 9.93 Å². The second-order valence-electron chi connectivity index (χ2n) is 9.67. The predicted molar refractivity (Wildman–Crippen MR) is 154 cm³/mol. The monoisotopic (exact) mass is 530 g/mol. The van der Waals surface area contributed by atoms with Gasteiger partial charge in [0.1, 0.15) is 11.6 Å². The van der Waals surface area contributed by atoms with Crippen LogP contribution in [-0.2, 0) is 14.3 Å². The molecule has 1 aromatic carbocycles. The third-order valence-electron chi connectivity index (χ3n) is 4.91. The van der Waals surface area contributed by atoms with Gasteiger partial charge in [-0.1, -0.05) is 51.5 Å². The molecule has 0 spiro atoms. The highest BCUT2D eigenvalue weighted by Gasteiger charge is 2.25. The van der Waals surface area contributed by atoms with Crippen LogP contribution in [0.2, 0.25) is 0 Å². The average molecular weight is 531 g/mol. The number of methoxy groups -OCH3 is 1. The molecule has 37 heavy (non-hydrogen) atoms. The third-order valence-corrected chi connectivity index (χ3v) is 5.67. The number of carbonyl (C=O) groups excluding carboxylic acids is 2. The van der Waals surface area contributed by atoms with Gasteiger partial charge in [0.2, 0.25) is 0 Å². The van der Waals surface area contributed by atoms with Crippen molar-refractivity contribution in [2.45, 2.75) is 66.5 Å². The van der Waals surface area contributed by atoms with E-state index in [1.807, 2.05) is 48.7 Å². The molecule has 1 heterocycles. The predicted octanol–water partition coefficient (Wildman–Crippen LogP) is 6.34. The fourth-order valence-electron chi connectivity index (χ4n) is 2.75. The highest BCUT2D eigenvalue weighted by molar-refractivity contribution is 7.14. The molecule has 9 heteroatoms. The highest BCUT2D eigenvalue weighted by Crippen LogP contribution is 2.26. The van der Waals surface area contributed by atoms with Crippen LogP contribution in [0, 0.1) is 5.92 Å². The largest absolute Gasteiger partial charge is 0.444 e. The van der Waals surface area contributed by atoms with Gasteiger partial charge in [0.05, 0.1) is 18.0 Å². The van der Waals surface area contributed by atoms with E-state index in [0.29, 0.717) is 5.13 Å². The van der Waals surface area contributed by atoms with E-state index in [1.54, 1.807) is 27.8 Å². The Labute approximate surface area is 225 Å². The van der Waals surface area contributed by atoms with Gasteiger partial charge in [-0.3, -0.25) is 9.79 Å². The summed E-state index contributed by atoms with van der Waals surface area (Å²) in [6.07, 6.45) is 4.49. The van der Waals surface area contributed by atoms with E-state index >= 15 is 0 Å². The van der Waals surface area contributed by atoms with Gasteiger partial charge < -0.3 is 20.1 Å². The van der Waals surface area contributed by atoms with Crippen molar-refractivity contribution in [2.24, 2.45) is 10.9 Å². The average Bonchev–Trinajstić information content (AvgIpc) is 3.30. The molecule has 2 N–H and O–H groups in total. The van der Waals surface area contributed by atoms with Gasteiger partial charge in [0.15, 0.2) is 5.13 Å². The molecule has 1 atom stereocenters. The number of thiazole rings is 1. The number of nitrogens with one attached hydrogen (secondary N) is 2. The van der Waals surface area contributed by atoms with Gasteiger partial charge in [-0.25, -0.2) is 9.78 Å². The topological polar surface area (TPSA) is 102 Å². The Kier molecular flexibility index (Phi) is 13.8. The first kappa shape index (κ1) is 32.0. The van der Waals surface area contributed by atoms with Crippen molar-refractivity contribution in [3.8, 4) is 11.3 Å². The maximum Gasteiger partial charge on any atom is 0.408 e. The number of benzene rings is 1. The number of nitrogens with zero attached hydrogens (tertiary/aromatic N) is 2. The first-order chi connectivity index (χ1) is 17.4. The summed E-state index contributed by atoms with van der Waals surface area (Å²) < 4.78 is 10.3. The van der Waals surface area contributed by atoms with Crippen LogP contribution >= 0.6 is 11.3 Å². The Morgan fingerprint density at radius 3 is 2.46 bits per heavy atom. The van der Waals surface area contributed by atoms with Gasteiger partial charge in [0, 0.05) is 30.7 Å². The molecule has 0 bridgehead atoms. The summed E-state index contributed by atoms with van der Waals surface area (Å²) in [5.74, 6) is 0.441. The lowest BCUT2D eigenvalue weighted by atomic mass is 10.0. The van der Waals surface area contributed by atoms with Crippen molar-refractivity contribution in [1.29, 1.82) is 0 Å². The number of carbonyl (C=O) groups is 2. The van der Waals surface area contributed by atoms with Crippen molar-refractivity contribution < 1.29 is 19.1 Å². The minimum atomic E-state index is -0.922. The van der Waals surface area contributed by atoms with Crippen molar-refractivity contribution in [3.05, 3.63) is 47.4 Å². The molecule has 1 unspecified atom stereocenters. The van der Waals surface area contributed by atoms with Gasteiger partial charge in [0.25, 0.3) is 5.91 Å². The number of amides is 2. The number of aliphatic imine (C=N–C) groups is 1. The lowest BCUT2D eigenvalue weighted by Crippen LogP contribution is -2.48.